The van der Waals surface area contributed by atoms with Gasteiger partial charge < -0.3 is 9.47 Å². The van der Waals surface area contributed by atoms with Gasteiger partial charge in [0.05, 0.1) is 27.8 Å². The number of pyridine rings is 1. The predicted octanol–water partition coefficient (Wildman–Crippen LogP) is 3.25. The lowest BCUT2D eigenvalue weighted by molar-refractivity contribution is 0.0790. The van der Waals surface area contributed by atoms with E-state index in [9.17, 15) is 4.79 Å². The summed E-state index contributed by atoms with van der Waals surface area (Å²) in [6, 6.07) is 9.12. The van der Waals surface area contributed by atoms with Gasteiger partial charge in [0.1, 0.15) is 5.82 Å². The maximum Gasteiger partial charge on any atom is 0.255 e. The lowest BCUT2D eigenvalue weighted by atomic mass is 10.1. The molecule has 0 N–H and O–H groups in total. The summed E-state index contributed by atoms with van der Waals surface area (Å²) in [6.45, 7) is 1.38. The number of fused-ring (bicyclic) bond motifs is 1. The van der Waals surface area contributed by atoms with Crippen LogP contribution < -0.4 is 0 Å². The molecule has 1 aliphatic rings. The molecule has 1 aliphatic heterocycles. The molecule has 2 aromatic heterocycles. The molecule has 1 fully saturated rings. The van der Waals surface area contributed by atoms with Gasteiger partial charge in [-0.05, 0) is 24.6 Å². The highest BCUT2D eigenvalue weighted by atomic mass is 35.5. The number of carbonyl (C=O) groups excluding carboxylic acids is 1. The van der Waals surface area contributed by atoms with Gasteiger partial charge in [-0.2, -0.15) is 0 Å². The molecule has 1 saturated heterocycles. The first-order chi connectivity index (χ1) is 11.6. The zero-order valence-electron chi connectivity index (χ0n) is 13.3. The number of aryl methyl sites for hydroxylation is 1. The molecule has 0 aliphatic carbocycles. The number of amides is 1. The van der Waals surface area contributed by atoms with Crippen molar-refractivity contribution in [2.45, 2.75) is 12.3 Å². The van der Waals surface area contributed by atoms with Gasteiger partial charge in [-0.3, -0.25) is 9.78 Å². The third-order valence-electron chi connectivity index (χ3n) is 4.66. The van der Waals surface area contributed by atoms with Crippen LogP contribution in [0.4, 0.5) is 0 Å². The van der Waals surface area contributed by atoms with Crippen LogP contribution in [0.2, 0.25) is 5.02 Å². The summed E-state index contributed by atoms with van der Waals surface area (Å²) >= 11 is 6.16. The van der Waals surface area contributed by atoms with E-state index in [1.165, 1.54) is 0 Å². The average Bonchev–Trinajstić information content (AvgIpc) is 3.20. The number of halogens is 1. The highest BCUT2D eigenvalue weighted by Crippen LogP contribution is 2.30. The van der Waals surface area contributed by atoms with E-state index >= 15 is 0 Å². The van der Waals surface area contributed by atoms with Gasteiger partial charge in [0.2, 0.25) is 0 Å². The average molecular weight is 341 g/mol. The zero-order chi connectivity index (χ0) is 16.7. The van der Waals surface area contributed by atoms with Crippen LogP contribution in [0, 0.1) is 0 Å². The molecular formula is C18H17ClN4O. The fraction of sp³-hybridized carbons (Fsp3) is 0.278. The van der Waals surface area contributed by atoms with Gasteiger partial charge in [-0.25, -0.2) is 4.98 Å². The van der Waals surface area contributed by atoms with Crippen LogP contribution in [0.15, 0.2) is 42.7 Å². The second-order valence-electron chi connectivity index (χ2n) is 6.11. The van der Waals surface area contributed by atoms with Crippen molar-refractivity contribution in [2.24, 2.45) is 7.05 Å². The number of likely N-dealkylation sites (tertiary alicyclic amines) is 1. The Labute approximate surface area is 144 Å². The molecule has 1 aromatic carbocycles. The number of hydrogen-bond donors (Lipinski definition) is 0. The molecule has 0 unspecified atom stereocenters. The van der Waals surface area contributed by atoms with Gasteiger partial charge in [0.25, 0.3) is 5.91 Å². The molecule has 5 nitrogen and oxygen atoms in total. The third kappa shape index (κ3) is 2.45. The summed E-state index contributed by atoms with van der Waals surface area (Å²) in [7, 11) is 2.00. The second kappa shape index (κ2) is 5.91. The number of hydrogen-bond acceptors (Lipinski definition) is 3. The molecule has 24 heavy (non-hydrogen) atoms. The molecule has 3 heterocycles. The molecule has 0 saturated carbocycles. The number of carbonyl (C=O) groups is 1. The normalized spacial score (nSPS) is 17.6. The van der Waals surface area contributed by atoms with Crippen molar-refractivity contribution in [1.29, 1.82) is 0 Å². The van der Waals surface area contributed by atoms with Crippen molar-refractivity contribution in [2.75, 3.05) is 13.1 Å². The molecule has 4 rings (SSSR count). The van der Waals surface area contributed by atoms with Crippen molar-refractivity contribution in [3.63, 3.8) is 0 Å². The summed E-state index contributed by atoms with van der Waals surface area (Å²) in [5, 5.41) is 0.500. The Morgan fingerprint density at radius 3 is 2.92 bits per heavy atom. The van der Waals surface area contributed by atoms with Gasteiger partial charge in [-0.15, -0.1) is 0 Å². The fourth-order valence-electron chi connectivity index (χ4n) is 3.38. The van der Waals surface area contributed by atoms with Crippen molar-refractivity contribution in [1.82, 2.24) is 19.4 Å². The Morgan fingerprint density at radius 2 is 2.12 bits per heavy atom. The van der Waals surface area contributed by atoms with Gasteiger partial charge in [0, 0.05) is 32.3 Å². The summed E-state index contributed by atoms with van der Waals surface area (Å²) in [5.74, 6) is 1.23. The van der Waals surface area contributed by atoms with Crippen LogP contribution in [0.3, 0.4) is 0 Å². The van der Waals surface area contributed by atoms with Gasteiger partial charge in [-0.1, -0.05) is 23.7 Å². The summed E-state index contributed by atoms with van der Waals surface area (Å²) in [6.07, 6.45) is 4.48. The summed E-state index contributed by atoms with van der Waals surface area (Å²) in [5.41, 5.74) is 2.52. The quantitative estimate of drug-likeness (QED) is 0.719. The second-order valence-corrected chi connectivity index (χ2v) is 6.52. The van der Waals surface area contributed by atoms with Crippen LogP contribution in [0.1, 0.15) is 28.5 Å². The highest BCUT2D eigenvalue weighted by Gasteiger charge is 2.31. The first-order valence-corrected chi connectivity index (χ1v) is 8.33. The van der Waals surface area contributed by atoms with Crippen molar-refractivity contribution < 1.29 is 4.79 Å². The van der Waals surface area contributed by atoms with E-state index in [4.69, 9.17) is 16.6 Å². The maximum absolute atomic E-state index is 12.7. The molecule has 1 amide bonds. The maximum atomic E-state index is 12.7. The van der Waals surface area contributed by atoms with E-state index in [2.05, 4.69) is 9.55 Å². The minimum Gasteiger partial charge on any atom is -0.338 e. The Bertz CT molecular complexity index is 920. The fourth-order valence-corrected chi connectivity index (χ4v) is 3.60. The number of benzene rings is 1. The molecule has 6 heteroatoms. The van der Waals surface area contributed by atoms with E-state index < -0.39 is 0 Å². The standard InChI is InChI=1S/C18H17ClN4O/c1-22-16-10-20-8-6-15(16)21-17(22)12-7-9-23(11-12)18(24)13-4-2-3-5-14(13)19/h2-6,8,10,12H,7,9,11H2,1H3/t12-/m0/s1. The third-order valence-corrected chi connectivity index (χ3v) is 4.99. The van der Waals surface area contributed by atoms with Crippen molar-refractivity contribution >= 4 is 28.5 Å². The number of nitrogens with zero attached hydrogens (tertiary/aromatic N) is 4. The first-order valence-electron chi connectivity index (χ1n) is 7.95. The van der Waals surface area contributed by atoms with E-state index in [0.717, 1.165) is 29.8 Å². The summed E-state index contributed by atoms with van der Waals surface area (Å²) < 4.78 is 2.08. The van der Waals surface area contributed by atoms with Crippen LogP contribution >= 0.6 is 11.6 Å². The highest BCUT2D eigenvalue weighted by molar-refractivity contribution is 6.33. The molecular weight excluding hydrogens is 324 g/mol. The minimum atomic E-state index is -0.0106. The minimum absolute atomic E-state index is 0.0106. The van der Waals surface area contributed by atoms with Crippen molar-refractivity contribution in [3.8, 4) is 0 Å². The van der Waals surface area contributed by atoms with E-state index in [-0.39, 0.29) is 11.8 Å². The van der Waals surface area contributed by atoms with E-state index in [0.29, 0.717) is 17.1 Å². The largest absolute Gasteiger partial charge is 0.338 e. The summed E-state index contributed by atoms with van der Waals surface area (Å²) in [4.78, 5) is 23.5. The van der Waals surface area contributed by atoms with Crippen LogP contribution in [0.5, 0.6) is 0 Å². The Hall–Kier alpha value is -2.40. The molecule has 1 atom stereocenters. The topological polar surface area (TPSA) is 51.0 Å². The zero-order valence-corrected chi connectivity index (χ0v) is 14.1. The van der Waals surface area contributed by atoms with Gasteiger partial charge >= 0.3 is 0 Å². The smallest absolute Gasteiger partial charge is 0.255 e. The predicted molar refractivity (Wildman–Crippen MR) is 93.2 cm³/mol. The Kier molecular flexibility index (Phi) is 3.73. The monoisotopic (exact) mass is 340 g/mol. The molecule has 0 bridgehead atoms. The number of imidazole rings is 1. The molecule has 0 spiro atoms. The number of rotatable bonds is 2. The molecule has 3 aromatic rings. The van der Waals surface area contributed by atoms with Crippen molar-refractivity contribution in [3.05, 3.63) is 59.1 Å². The van der Waals surface area contributed by atoms with Crippen LogP contribution in [-0.2, 0) is 7.05 Å². The Balaban J connectivity index is 1.59. The number of aromatic nitrogens is 3. The first kappa shape index (κ1) is 15.1. The van der Waals surface area contributed by atoms with E-state index in [1.54, 1.807) is 18.3 Å². The Morgan fingerprint density at radius 1 is 1.29 bits per heavy atom. The molecule has 0 radical (unpaired) electrons. The van der Waals surface area contributed by atoms with E-state index in [1.807, 2.05) is 36.3 Å². The lowest BCUT2D eigenvalue weighted by Crippen LogP contribution is -2.28. The SMILES string of the molecule is Cn1c([C@H]2CCN(C(=O)c3ccccc3Cl)C2)nc2ccncc21. The van der Waals surface area contributed by atoms with Crippen LogP contribution in [-0.4, -0.2) is 38.4 Å². The lowest BCUT2D eigenvalue weighted by Gasteiger charge is -2.17. The van der Waals surface area contributed by atoms with Crippen LogP contribution in [0.25, 0.3) is 11.0 Å². The van der Waals surface area contributed by atoms with Gasteiger partial charge in [0.15, 0.2) is 0 Å². The molecule has 122 valence electrons.